The van der Waals surface area contributed by atoms with Gasteiger partial charge in [-0.2, -0.15) is 0 Å². The molecule has 3 aromatic rings. The van der Waals surface area contributed by atoms with Gasteiger partial charge in [0.15, 0.2) is 5.76 Å². The molecule has 0 atom stereocenters. The van der Waals surface area contributed by atoms with Gasteiger partial charge in [0, 0.05) is 17.1 Å². The number of ether oxygens (including phenoxy) is 1. The first-order chi connectivity index (χ1) is 8.38. The molecule has 0 radical (unpaired) electrons. The molecule has 0 N–H and O–H groups in total. The first-order valence-corrected chi connectivity index (χ1v) is 5.35. The molecule has 0 aliphatic heterocycles. The standard InChI is InChI=1S/C14H11NO2/c1-16-12-6-2-4-10(8-12)14-13-11(9-17-14)5-3-7-15-13/h2-9H,1H3. The van der Waals surface area contributed by atoms with Crippen LogP contribution in [0.2, 0.25) is 0 Å². The Hall–Kier alpha value is -2.29. The molecule has 2 heterocycles. The van der Waals surface area contributed by atoms with Crippen LogP contribution in [0.4, 0.5) is 0 Å². The molecule has 0 spiro atoms. The van der Waals surface area contributed by atoms with Crippen LogP contribution in [-0.4, -0.2) is 12.1 Å². The fourth-order valence-electron chi connectivity index (χ4n) is 1.85. The Bertz CT molecular complexity index is 658. The molecule has 0 aliphatic carbocycles. The van der Waals surface area contributed by atoms with E-state index in [4.69, 9.17) is 9.15 Å². The summed E-state index contributed by atoms with van der Waals surface area (Å²) in [7, 11) is 1.65. The van der Waals surface area contributed by atoms with Crippen molar-refractivity contribution in [3.63, 3.8) is 0 Å². The van der Waals surface area contributed by atoms with E-state index in [0.717, 1.165) is 28.0 Å². The Kier molecular flexibility index (Phi) is 2.29. The van der Waals surface area contributed by atoms with Crippen molar-refractivity contribution in [1.29, 1.82) is 0 Å². The second kappa shape index (κ2) is 3.94. The topological polar surface area (TPSA) is 35.3 Å². The molecule has 0 bridgehead atoms. The summed E-state index contributed by atoms with van der Waals surface area (Å²) in [5.74, 6) is 1.59. The zero-order valence-electron chi connectivity index (χ0n) is 9.38. The van der Waals surface area contributed by atoms with Gasteiger partial charge < -0.3 is 9.15 Å². The largest absolute Gasteiger partial charge is 0.497 e. The summed E-state index contributed by atoms with van der Waals surface area (Å²) in [5, 5.41) is 1.00. The second-order valence-corrected chi connectivity index (χ2v) is 3.74. The maximum absolute atomic E-state index is 5.58. The Morgan fingerprint density at radius 1 is 1.18 bits per heavy atom. The number of methoxy groups -OCH3 is 1. The minimum Gasteiger partial charge on any atom is -0.497 e. The van der Waals surface area contributed by atoms with E-state index in [1.807, 2.05) is 36.4 Å². The number of furan rings is 1. The van der Waals surface area contributed by atoms with Gasteiger partial charge in [0.25, 0.3) is 0 Å². The molecule has 1 aromatic carbocycles. The molecule has 17 heavy (non-hydrogen) atoms. The van der Waals surface area contributed by atoms with Crippen LogP contribution in [0.3, 0.4) is 0 Å². The summed E-state index contributed by atoms with van der Waals surface area (Å²) in [5.41, 5.74) is 1.85. The predicted octanol–water partition coefficient (Wildman–Crippen LogP) is 3.50. The first-order valence-electron chi connectivity index (χ1n) is 5.35. The average Bonchev–Trinajstić information content (AvgIpc) is 2.82. The third-order valence-electron chi connectivity index (χ3n) is 2.69. The molecule has 0 fully saturated rings. The number of hydrogen-bond acceptors (Lipinski definition) is 3. The van der Waals surface area contributed by atoms with E-state index in [9.17, 15) is 0 Å². The molecule has 0 saturated heterocycles. The number of nitrogens with zero attached hydrogens (tertiary/aromatic N) is 1. The number of pyridine rings is 1. The molecule has 2 aromatic heterocycles. The number of rotatable bonds is 2. The second-order valence-electron chi connectivity index (χ2n) is 3.74. The molecular weight excluding hydrogens is 214 g/mol. The third-order valence-corrected chi connectivity index (χ3v) is 2.69. The Morgan fingerprint density at radius 3 is 3.00 bits per heavy atom. The van der Waals surface area contributed by atoms with Gasteiger partial charge in [-0.15, -0.1) is 0 Å². The lowest BCUT2D eigenvalue weighted by molar-refractivity contribution is 0.415. The molecule has 3 nitrogen and oxygen atoms in total. The minimum absolute atomic E-state index is 0.777. The Labute approximate surface area is 98.7 Å². The van der Waals surface area contributed by atoms with Crippen LogP contribution < -0.4 is 4.74 Å². The molecule has 0 unspecified atom stereocenters. The number of aromatic nitrogens is 1. The van der Waals surface area contributed by atoms with Gasteiger partial charge in [-0.1, -0.05) is 12.1 Å². The summed E-state index contributed by atoms with van der Waals surface area (Å²) in [6, 6.07) is 11.6. The van der Waals surface area contributed by atoms with Crippen LogP contribution in [0.25, 0.3) is 22.2 Å². The Balaban J connectivity index is 2.20. The maximum atomic E-state index is 5.58. The molecular formula is C14H11NO2. The quantitative estimate of drug-likeness (QED) is 0.669. The molecule has 3 heteroatoms. The van der Waals surface area contributed by atoms with E-state index in [0.29, 0.717) is 0 Å². The van der Waals surface area contributed by atoms with Gasteiger partial charge in [0.05, 0.1) is 7.11 Å². The van der Waals surface area contributed by atoms with Crippen LogP contribution in [0.5, 0.6) is 5.75 Å². The van der Waals surface area contributed by atoms with E-state index >= 15 is 0 Å². The van der Waals surface area contributed by atoms with E-state index in [-0.39, 0.29) is 0 Å². The number of hydrogen-bond donors (Lipinski definition) is 0. The monoisotopic (exact) mass is 225 g/mol. The molecule has 3 rings (SSSR count). The smallest absolute Gasteiger partial charge is 0.160 e. The lowest BCUT2D eigenvalue weighted by Gasteiger charge is -2.01. The SMILES string of the molecule is COc1cccc(-c2occ3cccnc23)c1. The molecule has 84 valence electrons. The van der Waals surface area contributed by atoms with Gasteiger partial charge in [-0.3, -0.25) is 4.98 Å². The predicted molar refractivity (Wildman–Crippen MR) is 66.0 cm³/mol. The van der Waals surface area contributed by atoms with E-state index in [1.54, 1.807) is 19.6 Å². The van der Waals surface area contributed by atoms with Crippen LogP contribution in [0, 0.1) is 0 Å². The van der Waals surface area contributed by atoms with Crippen molar-refractivity contribution in [2.45, 2.75) is 0 Å². The van der Waals surface area contributed by atoms with Crippen molar-refractivity contribution in [3.8, 4) is 17.1 Å². The molecule has 0 amide bonds. The highest BCUT2D eigenvalue weighted by atomic mass is 16.5. The summed E-state index contributed by atoms with van der Waals surface area (Å²) in [6.45, 7) is 0. The summed E-state index contributed by atoms with van der Waals surface area (Å²) in [4.78, 5) is 4.34. The van der Waals surface area contributed by atoms with E-state index in [1.165, 1.54) is 0 Å². The highest BCUT2D eigenvalue weighted by Crippen LogP contribution is 2.30. The maximum Gasteiger partial charge on any atom is 0.160 e. The van der Waals surface area contributed by atoms with Crippen molar-refractivity contribution in [1.82, 2.24) is 4.98 Å². The van der Waals surface area contributed by atoms with E-state index < -0.39 is 0 Å². The van der Waals surface area contributed by atoms with Crippen LogP contribution in [-0.2, 0) is 0 Å². The van der Waals surface area contributed by atoms with Gasteiger partial charge in [-0.25, -0.2) is 0 Å². The lowest BCUT2D eigenvalue weighted by atomic mass is 10.1. The van der Waals surface area contributed by atoms with Crippen LogP contribution in [0.1, 0.15) is 0 Å². The average molecular weight is 225 g/mol. The minimum atomic E-state index is 0.777. The number of fused-ring (bicyclic) bond motifs is 1. The summed E-state index contributed by atoms with van der Waals surface area (Å²) in [6.07, 6.45) is 3.48. The lowest BCUT2D eigenvalue weighted by Crippen LogP contribution is -1.83. The highest BCUT2D eigenvalue weighted by Gasteiger charge is 2.09. The van der Waals surface area contributed by atoms with Crippen LogP contribution >= 0.6 is 0 Å². The van der Waals surface area contributed by atoms with Crippen molar-refractivity contribution in [2.24, 2.45) is 0 Å². The fraction of sp³-hybridized carbons (Fsp3) is 0.0714. The number of benzene rings is 1. The third kappa shape index (κ3) is 1.65. The van der Waals surface area contributed by atoms with Crippen molar-refractivity contribution in [2.75, 3.05) is 7.11 Å². The van der Waals surface area contributed by atoms with Gasteiger partial charge in [0.2, 0.25) is 0 Å². The zero-order chi connectivity index (χ0) is 11.7. The van der Waals surface area contributed by atoms with Gasteiger partial charge >= 0.3 is 0 Å². The zero-order valence-corrected chi connectivity index (χ0v) is 9.38. The fourth-order valence-corrected chi connectivity index (χ4v) is 1.85. The summed E-state index contributed by atoms with van der Waals surface area (Å²) >= 11 is 0. The van der Waals surface area contributed by atoms with E-state index in [2.05, 4.69) is 4.98 Å². The normalized spacial score (nSPS) is 10.6. The van der Waals surface area contributed by atoms with Gasteiger partial charge in [-0.05, 0) is 24.3 Å². The Morgan fingerprint density at radius 2 is 2.12 bits per heavy atom. The van der Waals surface area contributed by atoms with Gasteiger partial charge in [0.1, 0.15) is 17.5 Å². The van der Waals surface area contributed by atoms with Crippen molar-refractivity contribution in [3.05, 3.63) is 48.9 Å². The molecule has 0 aliphatic rings. The van der Waals surface area contributed by atoms with Crippen LogP contribution in [0.15, 0.2) is 53.3 Å². The molecule has 0 saturated carbocycles. The first kappa shape index (κ1) is 9.90. The summed E-state index contributed by atoms with van der Waals surface area (Å²) < 4.78 is 10.8. The highest BCUT2D eigenvalue weighted by molar-refractivity contribution is 5.90. The van der Waals surface area contributed by atoms with Crippen molar-refractivity contribution >= 4 is 10.9 Å². The van der Waals surface area contributed by atoms with Crippen molar-refractivity contribution < 1.29 is 9.15 Å².